The first-order valence-electron chi connectivity index (χ1n) is 6.68. The summed E-state index contributed by atoms with van der Waals surface area (Å²) in [4.78, 5) is 16.2. The topological polar surface area (TPSA) is 54.0 Å². The van der Waals surface area contributed by atoms with Gasteiger partial charge in [-0.15, -0.1) is 36.2 Å². The Morgan fingerprint density at radius 1 is 1.55 bits per heavy atom. The minimum Gasteiger partial charge on any atom is -0.355 e. The van der Waals surface area contributed by atoms with Gasteiger partial charge < -0.3 is 10.6 Å². The molecule has 1 aromatic heterocycles. The molecular weight excluding hydrogens is 317 g/mol. The maximum absolute atomic E-state index is 11.8. The summed E-state index contributed by atoms with van der Waals surface area (Å²) in [6.45, 7) is 5.01. The van der Waals surface area contributed by atoms with Crippen LogP contribution in [0.25, 0.3) is 0 Å². The van der Waals surface area contributed by atoms with Gasteiger partial charge in [0.2, 0.25) is 5.91 Å². The molecule has 1 aliphatic heterocycles. The van der Waals surface area contributed by atoms with E-state index in [9.17, 15) is 4.79 Å². The van der Waals surface area contributed by atoms with Crippen molar-refractivity contribution in [1.82, 2.24) is 15.6 Å². The third-order valence-electron chi connectivity index (χ3n) is 3.23. The lowest BCUT2D eigenvalue weighted by Gasteiger charge is -2.22. The highest BCUT2D eigenvalue weighted by atomic mass is 35.5. The zero-order valence-electron chi connectivity index (χ0n) is 11.7. The quantitative estimate of drug-likeness (QED) is 0.864. The Balaban J connectivity index is 0.00000180. The largest absolute Gasteiger partial charge is 0.355 e. The maximum atomic E-state index is 11.8. The van der Waals surface area contributed by atoms with Gasteiger partial charge in [0.15, 0.2) is 0 Å². The number of nitrogens with zero attached hydrogens (tertiary/aromatic N) is 1. The Morgan fingerprint density at radius 3 is 2.95 bits per heavy atom. The SMILES string of the molecule is CCc1nc(CC(=O)NCC2CCCNC2)cs1.Cl.Cl. The normalized spacial score (nSPS) is 17.8. The van der Waals surface area contributed by atoms with Crippen molar-refractivity contribution in [2.75, 3.05) is 19.6 Å². The number of hydrogen-bond acceptors (Lipinski definition) is 4. The third kappa shape index (κ3) is 6.39. The number of carbonyl (C=O) groups excluding carboxylic acids is 1. The lowest BCUT2D eigenvalue weighted by Crippen LogP contribution is -2.38. The highest BCUT2D eigenvalue weighted by molar-refractivity contribution is 7.09. The Kier molecular flexibility index (Phi) is 10.2. The Hall–Kier alpha value is -0.360. The zero-order chi connectivity index (χ0) is 12.8. The fraction of sp³-hybridized carbons (Fsp3) is 0.692. The smallest absolute Gasteiger partial charge is 0.226 e. The van der Waals surface area contributed by atoms with E-state index in [1.807, 2.05) is 5.38 Å². The van der Waals surface area contributed by atoms with Crippen LogP contribution in [0.15, 0.2) is 5.38 Å². The zero-order valence-corrected chi connectivity index (χ0v) is 14.1. The van der Waals surface area contributed by atoms with Crippen molar-refractivity contribution in [2.24, 2.45) is 5.92 Å². The van der Waals surface area contributed by atoms with Gasteiger partial charge in [0.1, 0.15) is 0 Å². The number of aryl methyl sites for hydroxylation is 1. The van der Waals surface area contributed by atoms with Crippen molar-refractivity contribution in [3.05, 3.63) is 16.1 Å². The molecule has 0 aromatic carbocycles. The number of amides is 1. The van der Waals surface area contributed by atoms with Gasteiger partial charge in [0.25, 0.3) is 0 Å². The lowest BCUT2D eigenvalue weighted by atomic mass is 10.00. The molecule has 1 unspecified atom stereocenters. The Labute approximate surface area is 137 Å². The van der Waals surface area contributed by atoms with Crippen molar-refractivity contribution in [3.8, 4) is 0 Å². The summed E-state index contributed by atoms with van der Waals surface area (Å²) in [6, 6.07) is 0. The van der Waals surface area contributed by atoms with Crippen LogP contribution in [0, 0.1) is 5.92 Å². The lowest BCUT2D eigenvalue weighted by molar-refractivity contribution is -0.120. The van der Waals surface area contributed by atoms with Gasteiger partial charge in [-0.2, -0.15) is 0 Å². The summed E-state index contributed by atoms with van der Waals surface area (Å²) in [7, 11) is 0. The van der Waals surface area contributed by atoms with Crippen molar-refractivity contribution >= 4 is 42.1 Å². The van der Waals surface area contributed by atoms with Crippen LogP contribution in [0.5, 0.6) is 0 Å². The Morgan fingerprint density at radius 2 is 2.35 bits per heavy atom. The second kappa shape index (κ2) is 10.4. The summed E-state index contributed by atoms with van der Waals surface area (Å²) in [5.41, 5.74) is 0.899. The number of aromatic nitrogens is 1. The number of nitrogens with one attached hydrogen (secondary N) is 2. The molecule has 0 spiro atoms. The average Bonchev–Trinajstić information content (AvgIpc) is 2.85. The fourth-order valence-corrected chi connectivity index (χ4v) is 2.92. The van der Waals surface area contributed by atoms with E-state index in [1.54, 1.807) is 11.3 Å². The van der Waals surface area contributed by atoms with E-state index >= 15 is 0 Å². The number of hydrogen-bond donors (Lipinski definition) is 2. The van der Waals surface area contributed by atoms with E-state index in [4.69, 9.17) is 0 Å². The minimum absolute atomic E-state index is 0. The summed E-state index contributed by atoms with van der Waals surface area (Å²) < 4.78 is 0. The van der Waals surface area contributed by atoms with E-state index in [2.05, 4.69) is 22.5 Å². The van der Waals surface area contributed by atoms with Gasteiger partial charge >= 0.3 is 0 Å². The standard InChI is InChI=1S/C13H21N3OS.2ClH/c1-2-13-16-11(9-18-13)6-12(17)15-8-10-4-3-5-14-7-10;;/h9-10,14H,2-8H2,1H3,(H,15,17);2*1H. The molecule has 1 aromatic rings. The van der Waals surface area contributed by atoms with Gasteiger partial charge in [-0.1, -0.05) is 6.92 Å². The minimum atomic E-state index is 0. The van der Waals surface area contributed by atoms with Crippen LogP contribution in [0.4, 0.5) is 0 Å². The highest BCUT2D eigenvalue weighted by Gasteiger charge is 2.14. The molecule has 0 radical (unpaired) electrons. The molecule has 2 N–H and O–H groups in total. The van der Waals surface area contributed by atoms with Crippen molar-refractivity contribution in [3.63, 3.8) is 0 Å². The molecule has 7 heteroatoms. The van der Waals surface area contributed by atoms with Crippen LogP contribution in [0.1, 0.15) is 30.5 Å². The van der Waals surface area contributed by atoms with Crippen LogP contribution in [-0.2, 0) is 17.6 Å². The van der Waals surface area contributed by atoms with Crippen LogP contribution < -0.4 is 10.6 Å². The predicted molar refractivity (Wildman–Crippen MR) is 88.3 cm³/mol. The molecule has 20 heavy (non-hydrogen) atoms. The first-order chi connectivity index (χ1) is 8.78. The second-order valence-corrected chi connectivity index (χ2v) is 5.72. The number of halogens is 2. The van der Waals surface area contributed by atoms with E-state index in [0.717, 1.165) is 36.8 Å². The van der Waals surface area contributed by atoms with E-state index < -0.39 is 0 Å². The molecule has 1 amide bonds. The fourth-order valence-electron chi connectivity index (χ4n) is 2.18. The number of piperidine rings is 1. The Bertz CT molecular complexity index is 395. The molecular formula is C13H23Cl2N3OS. The number of rotatable bonds is 5. The van der Waals surface area contributed by atoms with E-state index in [1.165, 1.54) is 12.8 Å². The van der Waals surface area contributed by atoms with Crippen molar-refractivity contribution < 1.29 is 4.79 Å². The third-order valence-corrected chi connectivity index (χ3v) is 4.27. The number of carbonyl (C=O) groups is 1. The number of thiazole rings is 1. The summed E-state index contributed by atoms with van der Waals surface area (Å²) in [5.74, 6) is 0.679. The molecule has 0 aliphatic carbocycles. The summed E-state index contributed by atoms with van der Waals surface area (Å²) in [5, 5.41) is 9.46. The maximum Gasteiger partial charge on any atom is 0.226 e. The van der Waals surface area contributed by atoms with Crippen LogP contribution >= 0.6 is 36.2 Å². The first kappa shape index (κ1) is 19.6. The first-order valence-corrected chi connectivity index (χ1v) is 7.56. The highest BCUT2D eigenvalue weighted by Crippen LogP contribution is 2.11. The summed E-state index contributed by atoms with van der Waals surface area (Å²) >= 11 is 1.64. The van der Waals surface area contributed by atoms with Gasteiger partial charge in [-0.05, 0) is 38.3 Å². The van der Waals surface area contributed by atoms with Crippen LogP contribution in [0.3, 0.4) is 0 Å². The molecule has 0 saturated carbocycles. The molecule has 4 nitrogen and oxygen atoms in total. The molecule has 1 saturated heterocycles. The molecule has 0 bridgehead atoms. The van der Waals surface area contributed by atoms with Crippen molar-refractivity contribution in [1.29, 1.82) is 0 Å². The average molecular weight is 340 g/mol. The van der Waals surface area contributed by atoms with Crippen LogP contribution in [0.2, 0.25) is 0 Å². The predicted octanol–water partition coefficient (Wildman–Crippen LogP) is 2.21. The van der Waals surface area contributed by atoms with Gasteiger partial charge in [-0.3, -0.25) is 4.79 Å². The molecule has 116 valence electrons. The van der Waals surface area contributed by atoms with Gasteiger partial charge in [0.05, 0.1) is 17.1 Å². The van der Waals surface area contributed by atoms with Gasteiger partial charge in [0, 0.05) is 11.9 Å². The second-order valence-electron chi connectivity index (χ2n) is 4.78. The summed E-state index contributed by atoms with van der Waals surface area (Å²) in [6.07, 6.45) is 3.78. The van der Waals surface area contributed by atoms with E-state index in [-0.39, 0.29) is 30.7 Å². The van der Waals surface area contributed by atoms with Crippen molar-refractivity contribution in [2.45, 2.75) is 32.6 Å². The van der Waals surface area contributed by atoms with Crippen LogP contribution in [-0.4, -0.2) is 30.5 Å². The van der Waals surface area contributed by atoms with Gasteiger partial charge in [-0.25, -0.2) is 4.98 Å². The molecule has 1 fully saturated rings. The monoisotopic (exact) mass is 339 g/mol. The molecule has 2 rings (SSSR count). The van der Waals surface area contributed by atoms with E-state index in [0.29, 0.717) is 12.3 Å². The molecule has 1 atom stereocenters. The molecule has 2 heterocycles. The molecule has 1 aliphatic rings.